The molecule has 2 N–H and O–H groups in total. The van der Waals surface area contributed by atoms with Crippen molar-refractivity contribution in [2.24, 2.45) is 11.7 Å². The number of hydrogen-bond acceptors (Lipinski definition) is 2. The first-order chi connectivity index (χ1) is 9.27. The summed E-state index contributed by atoms with van der Waals surface area (Å²) in [6.07, 6.45) is 14.6. The van der Waals surface area contributed by atoms with E-state index in [0.717, 1.165) is 44.2 Å². The van der Waals surface area contributed by atoms with Crippen molar-refractivity contribution >= 4 is 5.78 Å². The van der Waals surface area contributed by atoms with Crippen LogP contribution in [0.15, 0.2) is 11.6 Å². The minimum Gasteiger partial charge on any atom is -0.330 e. The number of rotatable bonds is 8. The fourth-order valence-electron chi connectivity index (χ4n) is 3.02. The van der Waals surface area contributed by atoms with Gasteiger partial charge in [0.05, 0.1) is 0 Å². The van der Waals surface area contributed by atoms with E-state index >= 15 is 0 Å². The number of ketones is 1. The van der Waals surface area contributed by atoms with Gasteiger partial charge in [0, 0.05) is 6.42 Å². The van der Waals surface area contributed by atoms with Crippen molar-refractivity contribution in [3.63, 3.8) is 0 Å². The lowest BCUT2D eigenvalue weighted by atomic mass is 9.90. The molecule has 0 aromatic heterocycles. The van der Waals surface area contributed by atoms with E-state index in [1.54, 1.807) is 0 Å². The molecule has 1 aliphatic carbocycles. The summed E-state index contributed by atoms with van der Waals surface area (Å²) < 4.78 is 0. The van der Waals surface area contributed by atoms with Crippen LogP contribution in [0.25, 0.3) is 0 Å². The van der Waals surface area contributed by atoms with E-state index in [1.807, 2.05) is 0 Å². The van der Waals surface area contributed by atoms with E-state index in [4.69, 9.17) is 5.73 Å². The van der Waals surface area contributed by atoms with Crippen LogP contribution < -0.4 is 5.73 Å². The second-order valence-corrected chi connectivity index (χ2v) is 5.88. The minimum atomic E-state index is 0.403. The van der Waals surface area contributed by atoms with Gasteiger partial charge in [0.15, 0.2) is 5.78 Å². The number of carbonyl (C=O) groups excluding carboxylic acids is 1. The first kappa shape index (κ1) is 16.4. The Hall–Kier alpha value is -0.630. The molecular formula is C17H31NO. The molecule has 0 spiro atoms. The van der Waals surface area contributed by atoms with Crippen molar-refractivity contribution in [3.8, 4) is 0 Å². The molecule has 1 aliphatic rings. The summed E-state index contributed by atoms with van der Waals surface area (Å²) in [5.41, 5.74) is 6.76. The SMILES string of the molecule is CCCC(CCN)CCC(=O)C1=CCCCCCC1. The van der Waals surface area contributed by atoms with Crippen molar-refractivity contribution in [2.45, 2.75) is 77.6 Å². The fraction of sp³-hybridized carbons (Fsp3) is 0.824. The van der Waals surface area contributed by atoms with Gasteiger partial charge < -0.3 is 5.73 Å². The van der Waals surface area contributed by atoms with Crippen LogP contribution in [0.1, 0.15) is 77.6 Å². The molecule has 110 valence electrons. The number of carbonyl (C=O) groups is 1. The summed E-state index contributed by atoms with van der Waals surface area (Å²) in [5.74, 6) is 1.05. The van der Waals surface area contributed by atoms with Gasteiger partial charge in [0.1, 0.15) is 0 Å². The molecule has 1 unspecified atom stereocenters. The van der Waals surface area contributed by atoms with Crippen molar-refractivity contribution in [3.05, 3.63) is 11.6 Å². The predicted octanol–water partition coefficient (Wildman–Crippen LogP) is 4.38. The standard InChI is InChI=1S/C17H31NO/c1-2-8-15(13-14-18)11-12-17(19)16-9-6-4-3-5-7-10-16/h9,15H,2-8,10-14,18H2,1H3. The first-order valence-electron chi connectivity index (χ1n) is 8.20. The Labute approximate surface area is 118 Å². The lowest BCUT2D eigenvalue weighted by Crippen LogP contribution is -2.12. The minimum absolute atomic E-state index is 0.403. The number of allylic oxidation sites excluding steroid dienone is 2. The maximum Gasteiger partial charge on any atom is 0.158 e. The van der Waals surface area contributed by atoms with E-state index in [9.17, 15) is 4.79 Å². The van der Waals surface area contributed by atoms with Gasteiger partial charge in [-0.2, -0.15) is 0 Å². The zero-order valence-corrected chi connectivity index (χ0v) is 12.6. The summed E-state index contributed by atoms with van der Waals surface area (Å²) >= 11 is 0. The predicted molar refractivity (Wildman–Crippen MR) is 82.1 cm³/mol. The topological polar surface area (TPSA) is 43.1 Å². The fourth-order valence-corrected chi connectivity index (χ4v) is 3.02. The Morgan fingerprint density at radius 2 is 2.00 bits per heavy atom. The van der Waals surface area contributed by atoms with E-state index in [1.165, 1.54) is 38.5 Å². The lowest BCUT2D eigenvalue weighted by molar-refractivity contribution is -0.116. The third-order valence-corrected chi connectivity index (χ3v) is 4.20. The number of Topliss-reactive ketones (excluding diaryl/α,β-unsaturated/α-hetero) is 1. The third kappa shape index (κ3) is 6.91. The average Bonchev–Trinajstić information content (AvgIpc) is 2.36. The van der Waals surface area contributed by atoms with Gasteiger partial charge in [-0.25, -0.2) is 0 Å². The van der Waals surface area contributed by atoms with Gasteiger partial charge in [-0.15, -0.1) is 0 Å². The molecule has 0 heterocycles. The van der Waals surface area contributed by atoms with E-state index in [0.29, 0.717) is 11.7 Å². The molecular weight excluding hydrogens is 234 g/mol. The maximum atomic E-state index is 12.3. The molecule has 0 aromatic rings. The van der Waals surface area contributed by atoms with Crippen molar-refractivity contribution in [2.75, 3.05) is 6.54 Å². The van der Waals surface area contributed by atoms with Crippen molar-refractivity contribution in [1.29, 1.82) is 0 Å². The molecule has 1 rings (SSSR count). The molecule has 0 aliphatic heterocycles. The monoisotopic (exact) mass is 265 g/mol. The van der Waals surface area contributed by atoms with Crippen LogP contribution in [-0.2, 0) is 4.79 Å². The molecule has 0 saturated carbocycles. The highest BCUT2D eigenvalue weighted by atomic mass is 16.1. The zero-order chi connectivity index (χ0) is 13.9. The Balaban J connectivity index is 2.39. The van der Waals surface area contributed by atoms with Gasteiger partial charge in [-0.3, -0.25) is 4.79 Å². The number of hydrogen-bond donors (Lipinski definition) is 1. The zero-order valence-electron chi connectivity index (χ0n) is 12.6. The average molecular weight is 265 g/mol. The summed E-state index contributed by atoms with van der Waals surface area (Å²) in [5, 5.41) is 0. The quantitative estimate of drug-likeness (QED) is 0.707. The highest BCUT2D eigenvalue weighted by molar-refractivity contribution is 5.95. The molecule has 1 atom stereocenters. The highest BCUT2D eigenvalue weighted by Crippen LogP contribution is 2.22. The van der Waals surface area contributed by atoms with Crippen LogP contribution in [0.5, 0.6) is 0 Å². The molecule has 0 fully saturated rings. The maximum absolute atomic E-state index is 12.3. The molecule has 19 heavy (non-hydrogen) atoms. The van der Waals surface area contributed by atoms with Gasteiger partial charge in [0.2, 0.25) is 0 Å². The van der Waals surface area contributed by atoms with E-state index in [-0.39, 0.29) is 0 Å². The Morgan fingerprint density at radius 1 is 1.21 bits per heavy atom. The molecule has 0 bridgehead atoms. The Kier molecular flexibility index (Phi) is 8.81. The summed E-state index contributed by atoms with van der Waals surface area (Å²) in [7, 11) is 0. The van der Waals surface area contributed by atoms with Crippen LogP contribution in [0.2, 0.25) is 0 Å². The Morgan fingerprint density at radius 3 is 2.74 bits per heavy atom. The van der Waals surface area contributed by atoms with Crippen molar-refractivity contribution in [1.82, 2.24) is 0 Å². The van der Waals surface area contributed by atoms with Gasteiger partial charge in [-0.05, 0) is 56.6 Å². The summed E-state index contributed by atoms with van der Waals surface area (Å²) in [6.45, 7) is 2.96. The van der Waals surface area contributed by atoms with Gasteiger partial charge in [-0.1, -0.05) is 38.7 Å². The van der Waals surface area contributed by atoms with E-state index < -0.39 is 0 Å². The second-order valence-electron chi connectivity index (χ2n) is 5.88. The smallest absolute Gasteiger partial charge is 0.158 e. The van der Waals surface area contributed by atoms with Crippen molar-refractivity contribution < 1.29 is 4.79 Å². The second kappa shape index (κ2) is 10.2. The molecule has 2 nitrogen and oxygen atoms in total. The number of nitrogens with two attached hydrogens (primary N) is 1. The largest absolute Gasteiger partial charge is 0.330 e. The Bertz CT molecular complexity index is 277. The molecule has 0 radical (unpaired) electrons. The first-order valence-corrected chi connectivity index (χ1v) is 8.20. The summed E-state index contributed by atoms with van der Waals surface area (Å²) in [6, 6.07) is 0. The van der Waals surface area contributed by atoms with Gasteiger partial charge in [0.25, 0.3) is 0 Å². The van der Waals surface area contributed by atoms with Crippen LogP contribution in [0.4, 0.5) is 0 Å². The van der Waals surface area contributed by atoms with Crippen LogP contribution >= 0.6 is 0 Å². The van der Waals surface area contributed by atoms with Gasteiger partial charge >= 0.3 is 0 Å². The molecule has 2 heteroatoms. The van der Waals surface area contributed by atoms with Crippen LogP contribution in [-0.4, -0.2) is 12.3 Å². The van der Waals surface area contributed by atoms with Crippen LogP contribution in [0.3, 0.4) is 0 Å². The molecule has 0 saturated heterocycles. The third-order valence-electron chi connectivity index (χ3n) is 4.20. The molecule has 0 amide bonds. The lowest BCUT2D eigenvalue weighted by Gasteiger charge is -2.15. The normalized spacial score (nSPS) is 18.3. The van der Waals surface area contributed by atoms with E-state index in [2.05, 4.69) is 13.0 Å². The van der Waals surface area contributed by atoms with Crippen LogP contribution in [0, 0.1) is 5.92 Å². The molecule has 0 aromatic carbocycles. The summed E-state index contributed by atoms with van der Waals surface area (Å²) in [4.78, 5) is 12.3. The highest BCUT2D eigenvalue weighted by Gasteiger charge is 2.14.